The number of aromatic nitrogens is 2. The summed E-state index contributed by atoms with van der Waals surface area (Å²) in [6.45, 7) is 5.56. The number of hydrogen-bond donors (Lipinski definition) is 1. The molecule has 29 heavy (non-hydrogen) atoms. The Morgan fingerprint density at radius 2 is 2.00 bits per heavy atom. The van der Waals surface area contributed by atoms with Crippen LogP contribution in [0, 0.1) is 0 Å². The van der Waals surface area contributed by atoms with Gasteiger partial charge in [0.15, 0.2) is 0 Å². The molecule has 2 heterocycles. The molecule has 0 saturated carbocycles. The van der Waals surface area contributed by atoms with Crippen molar-refractivity contribution in [2.24, 2.45) is 0 Å². The molecule has 0 radical (unpaired) electrons. The van der Waals surface area contributed by atoms with Crippen molar-refractivity contribution in [1.82, 2.24) is 19.2 Å². The average molecular weight is 442 g/mol. The largest absolute Gasteiger partial charge is 1.00 e. The molecule has 8 nitrogen and oxygen atoms in total. The lowest BCUT2D eigenvalue weighted by atomic mass is 10.2. The molecule has 1 fully saturated rings. The van der Waals surface area contributed by atoms with Gasteiger partial charge >= 0.3 is 0 Å². The number of carbonyl (C=O) groups is 1. The standard InChI is InChI=1S/C19H26N4O4S.ClH/c1-15-12-23(13-16(2)27-15)28(25,26)18-6-3-5-17(11-18)19(24)21-7-4-9-22-10-8-20-14-22;/h3,5-6,8,10-11,14-16H,4,7,9,12-13H2,1-2H3,(H,21,24);1H/p-1. The van der Waals surface area contributed by atoms with Gasteiger partial charge in [-0.3, -0.25) is 4.79 Å². The fourth-order valence-electron chi connectivity index (χ4n) is 3.26. The third kappa shape index (κ3) is 6.02. The van der Waals surface area contributed by atoms with Gasteiger partial charge in [-0.15, -0.1) is 0 Å². The van der Waals surface area contributed by atoms with Crippen molar-refractivity contribution in [2.75, 3.05) is 19.6 Å². The van der Waals surface area contributed by atoms with Gasteiger partial charge < -0.3 is 27.0 Å². The summed E-state index contributed by atoms with van der Waals surface area (Å²) in [5, 5.41) is 2.83. The molecule has 1 aromatic carbocycles. The molecule has 1 aliphatic rings. The number of nitrogens with zero attached hydrogens (tertiary/aromatic N) is 3. The molecule has 2 unspecified atom stereocenters. The van der Waals surface area contributed by atoms with Crippen LogP contribution in [0.4, 0.5) is 0 Å². The summed E-state index contributed by atoms with van der Waals surface area (Å²) in [6, 6.07) is 6.18. The molecule has 1 aliphatic heterocycles. The van der Waals surface area contributed by atoms with Crippen molar-refractivity contribution in [2.45, 2.75) is 43.9 Å². The molecule has 0 aliphatic carbocycles. The van der Waals surface area contributed by atoms with Crippen LogP contribution in [-0.2, 0) is 21.3 Å². The second kappa shape index (κ2) is 10.2. The minimum atomic E-state index is -3.68. The Balaban J connectivity index is 0.00000300. The van der Waals surface area contributed by atoms with Gasteiger partial charge in [0, 0.05) is 44.1 Å². The van der Waals surface area contributed by atoms with Gasteiger partial charge in [0.1, 0.15) is 0 Å². The summed E-state index contributed by atoms with van der Waals surface area (Å²) in [5.41, 5.74) is 0.332. The third-order valence-corrected chi connectivity index (χ3v) is 6.39. The Morgan fingerprint density at radius 3 is 2.66 bits per heavy atom. The molecular formula is C19H26ClN4O4S-. The van der Waals surface area contributed by atoms with Crippen LogP contribution in [0.3, 0.4) is 0 Å². The summed E-state index contributed by atoms with van der Waals surface area (Å²) in [5.74, 6) is -0.286. The number of morpholine rings is 1. The zero-order valence-corrected chi connectivity index (χ0v) is 18.1. The van der Waals surface area contributed by atoms with Crippen LogP contribution >= 0.6 is 0 Å². The number of halogens is 1. The van der Waals surface area contributed by atoms with Crippen LogP contribution in [0.5, 0.6) is 0 Å². The van der Waals surface area contributed by atoms with E-state index in [4.69, 9.17) is 4.74 Å². The number of amides is 1. The fraction of sp³-hybridized carbons (Fsp3) is 0.474. The van der Waals surface area contributed by atoms with Gasteiger partial charge in [-0.05, 0) is 38.5 Å². The maximum atomic E-state index is 13.0. The zero-order chi connectivity index (χ0) is 20.1. The number of nitrogens with one attached hydrogen (secondary N) is 1. The summed E-state index contributed by atoms with van der Waals surface area (Å²) in [4.78, 5) is 16.5. The minimum absolute atomic E-state index is 0. The molecule has 1 N–H and O–H groups in total. The zero-order valence-electron chi connectivity index (χ0n) is 16.5. The molecular weight excluding hydrogens is 416 g/mol. The quantitative estimate of drug-likeness (QED) is 0.528. The number of ether oxygens (including phenoxy) is 1. The van der Waals surface area contributed by atoms with E-state index in [0.29, 0.717) is 25.2 Å². The Kier molecular flexibility index (Phi) is 8.21. The number of benzene rings is 1. The van der Waals surface area contributed by atoms with Gasteiger partial charge in [-0.2, -0.15) is 4.31 Å². The van der Waals surface area contributed by atoms with E-state index in [9.17, 15) is 13.2 Å². The second-order valence-electron chi connectivity index (χ2n) is 7.02. The van der Waals surface area contributed by atoms with Crippen LogP contribution in [-0.4, -0.2) is 60.0 Å². The number of rotatable bonds is 7. The minimum Gasteiger partial charge on any atom is -1.00 e. The van der Waals surface area contributed by atoms with Crippen molar-refractivity contribution in [3.05, 3.63) is 48.5 Å². The smallest absolute Gasteiger partial charge is 0.251 e. The van der Waals surface area contributed by atoms with Gasteiger partial charge in [0.25, 0.3) is 5.91 Å². The maximum absolute atomic E-state index is 13.0. The first-order chi connectivity index (χ1) is 13.4. The van der Waals surface area contributed by atoms with Gasteiger partial charge in [-0.25, -0.2) is 13.4 Å². The highest BCUT2D eigenvalue weighted by atomic mass is 35.5. The molecule has 1 aromatic heterocycles. The Hall–Kier alpha value is -1.94. The van der Waals surface area contributed by atoms with E-state index in [1.165, 1.54) is 16.4 Å². The van der Waals surface area contributed by atoms with E-state index in [1.807, 2.05) is 24.6 Å². The van der Waals surface area contributed by atoms with E-state index < -0.39 is 10.0 Å². The highest BCUT2D eigenvalue weighted by Gasteiger charge is 2.32. The first-order valence-electron chi connectivity index (χ1n) is 9.36. The Bertz CT molecular complexity index is 895. The SMILES string of the molecule is CC1CN(S(=O)(=O)c2cccc(C(=O)NCCCn3ccnc3)c2)CC(C)O1.[Cl-]. The van der Waals surface area contributed by atoms with E-state index in [1.54, 1.807) is 24.7 Å². The highest BCUT2D eigenvalue weighted by Crippen LogP contribution is 2.22. The van der Waals surface area contributed by atoms with Crippen LogP contribution in [0.1, 0.15) is 30.6 Å². The molecule has 3 rings (SSSR count). The van der Waals surface area contributed by atoms with Gasteiger partial charge in [0.2, 0.25) is 10.0 Å². The lowest BCUT2D eigenvalue weighted by Gasteiger charge is -2.34. The van der Waals surface area contributed by atoms with Gasteiger partial charge in [-0.1, -0.05) is 6.07 Å². The van der Waals surface area contributed by atoms with Crippen molar-refractivity contribution < 1.29 is 30.4 Å². The number of hydrogen-bond acceptors (Lipinski definition) is 5. The monoisotopic (exact) mass is 441 g/mol. The number of imidazole rings is 1. The number of sulfonamides is 1. The van der Waals surface area contributed by atoms with Gasteiger partial charge in [0.05, 0.1) is 23.4 Å². The van der Waals surface area contributed by atoms with Crippen molar-refractivity contribution in [3.8, 4) is 0 Å². The maximum Gasteiger partial charge on any atom is 0.251 e. The molecule has 2 atom stereocenters. The summed E-state index contributed by atoms with van der Waals surface area (Å²) in [7, 11) is -3.68. The molecule has 0 spiro atoms. The van der Waals surface area contributed by atoms with Crippen LogP contribution < -0.4 is 17.7 Å². The van der Waals surface area contributed by atoms with Crippen molar-refractivity contribution in [1.29, 1.82) is 0 Å². The predicted octanol–water partition coefficient (Wildman–Crippen LogP) is -1.49. The molecule has 10 heteroatoms. The Labute approximate surface area is 177 Å². The number of aryl methyl sites for hydroxylation is 1. The lowest BCUT2D eigenvalue weighted by molar-refractivity contribution is -0.0440. The third-order valence-electron chi connectivity index (χ3n) is 4.56. The fourth-order valence-corrected chi connectivity index (χ4v) is 4.90. The average Bonchev–Trinajstić information content (AvgIpc) is 3.18. The second-order valence-corrected chi connectivity index (χ2v) is 8.96. The topological polar surface area (TPSA) is 93.5 Å². The summed E-state index contributed by atoms with van der Waals surface area (Å²) in [6.07, 6.45) is 5.72. The van der Waals surface area contributed by atoms with E-state index >= 15 is 0 Å². The predicted molar refractivity (Wildman–Crippen MR) is 104 cm³/mol. The van der Waals surface area contributed by atoms with E-state index in [2.05, 4.69) is 10.3 Å². The first-order valence-corrected chi connectivity index (χ1v) is 10.8. The van der Waals surface area contributed by atoms with E-state index in [-0.39, 0.29) is 35.4 Å². The molecule has 0 bridgehead atoms. The Morgan fingerprint density at radius 1 is 1.28 bits per heavy atom. The molecule has 2 aromatic rings. The molecule has 1 amide bonds. The summed E-state index contributed by atoms with van der Waals surface area (Å²) < 4.78 is 34.9. The molecule has 160 valence electrons. The van der Waals surface area contributed by atoms with Crippen molar-refractivity contribution >= 4 is 15.9 Å². The summed E-state index contributed by atoms with van der Waals surface area (Å²) >= 11 is 0. The van der Waals surface area contributed by atoms with Crippen LogP contribution in [0.2, 0.25) is 0 Å². The first kappa shape index (κ1) is 23.3. The lowest BCUT2D eigenvalue weighted by Crippen LogP contribution is -3.00. The van der Waals surface area contributed by atoms with Crippen LogP contribution in [0.15, 0.2) is 47.9 Å². The molecule has 1 saturated heterocycles. The van der Waals surface area contributed by atoms with Crippen LogP contribution in [0.25, 0.3) is 0 Å². The number of carbonyl (C=O) groups excluding carboxylic acids is 1. The highest BCUT2D eigenvalue weighted by molar-refractivity contribution is 7.89. The van der Waals surface area contributed by atoms with Crippen molar-refractivity contribution in [3.63, 3.8) is 0 Å². The normalized spacial score (nSPS) is 20.1. The van der Waals surface area contributed by atoms with E-state index in [0.717, 1.165) is 13.0 Å².